The number of rotatable bonds is 6. The number of aliphatic carboxylic acids is 1. The molecule has 19 heavy (non-hydrogen) atoms. The minimum atomic E-state index is -0.816. The number of carbonyl (C=O) groups is 1. The van der Waals surface area contributed by atoms with E-state index in [0.29, 0.717) is 24.6 Å². The quantitative estimate of drug-likeness (QED) is 0.851. The van der Waals surface area contributed by atoms with Crippen LogP contribution in [0.25, 0.3) is 0 Å². The summed E-state index contributed by atoms with van der Waals surface area (Å²) in [5, 5.41) is 12.6. The summed E-state index contributed by atoms with van der Waals surface area (Å²) in [6.45, 7) is 1.85. The zero-order valence-electron chi connectivity index (χ0n) is 10.6. The highest BCUT2D eigenvalue weighted by molar-refractivity contribution is 5.66. The van der Waals surface area contributed by atoms with E-state index >= 15 is 0 Å². The van der Waals surface area contributed by atoms with E-state index in [0.717, 1.165) is 5.56 Å². The van der Waals surface area contributed by atoms with Crippen LogP contribution in [-0.2, 0) is 17.6 Å². The maximum absolute atomic E-state index is 10.6. The largest absolute Gasteiger partial charge is 0.481 e. The molecule has 1 atom stereocenters. The molecule has 2 heterocycles. The fraction of sp³-hybridized carbons (Fsp3) is 0.385. The first kappa shape index (κ1) is 13.2. The van der Waals surface area contributed by atoms with Gasteiger partial charge in [0.1, 0.15) is 0 Å². The third kappa shape index (κ3) is 4.17. The molecule has 0 saturated heterocycles. The summed E-state index contributed by atoms with van der Waals surface area (Å²) in [6.07, 6.45) is 4.59. The van der Waals surface area contributed by atoms with E-state index in [4.69, 9.17) is 9.63 Å². The molecule has 1 unspecified atom stereocenters. The van der Waals surface area contributed by atoms with Gasteiger partial charge >= 0.3 is 5.97 Å². The number of pyridine rings is 1. The van der Waals surface area contributed by atoms with Crippen LogP contribution in [0.3, 0.4) is 0 Å². The number of carboxylic acid groups (broad SMARTS) is 1. The van der Waals surface area contributed by atoms with Gasteiger partial charge < -0.3 is 9.63 Å². The third-order valence-corrected chi connectivity index (χ3v) is 2.67. The number of nitrogens with zero attached hydrogens (tertiary/aromatic N) is 3. The Kier molecular flexibility index (Phi) is 4.22. The molecule has 0 aliphatic carbocycles. The van der Waals surface area contributed by atoms with Gasteiger partial charge in [0.2, 0.25) is 5.89 Å². The van der Waals surface area contributed by atoms with E-state index in [1.807, 2.05) is 19.1 Å². The van der Waals surface area contributed by atoms with Crippen LogP contribution in [0.2, 0.25) is 0 Å². The van der Waals surface area contributed by atoms with Gasteiger partial charge in [-0.25, -0.2) is 0 Å². The molecular formula is C13H15N3O3. The summed E-state index contributed by atoms with van der Waals surface area (Å²) in [4.78, 5) is 18.8. The van der Waals surface area contributed by atoms with Crippen molar-refractivity contribution in [2.45, 2.75) is 26.2 Å². The van der Waals surface area contributed by atoms with E-state index in [-0.39, 0.29) is 12.3 Å². The topological polar surface area (TPSA) is 89.1 Å². The minimum Gasteiger partial charge on any atom is -0.481 e. The molecule has 0 aliphatic rings. The number of hydrogen-bond donors (Lipinski definition) is 1. The van der Waals surface area contributed by atoms with Crippen LogP contribution in [0.1, 0.15) is 30.6 Å². The standard InChI is InChI=1S/C13H15N3O3/c1-9(7-13(17)18)6-12-15-11(16-19-12)8-10-2-4-14-5-3-10/h2-5,9H,6-8H2,1H3,(H,17,18). The van der Waals surface area contributed by atoms with Gasteiger partial charge in [-0.2, -0.15) is 4.98 Å². The molecule has 6 heteroatoms. The van der Waals surface area contributed by atoms with Gasteiger partial charge in [-0.05, 0) is 23.6 Å². The van der Waals surface area contributed by atoms with E-state index in [1.165, 1.54) is 0 Å². The van der Waals surface area contributed by atoms with Crippen LogP contribution < -0.4 is 0 Å². The molecule has 100 valence electrons. The molecule has 0 bridgehead atoms. The van der Waals surface area contributed by atoms with Crippen molar-refractivity contribution in [1.29, 1.82) is 0 Å². The molecule has 0 aliphatic heterocycles. The van der Waals surface area contributed by atoms with Gasteiger partial charge in [0.25, 0.3) is 0 Å². The molecule has 0 radical (unpaired) electrons. The molecule has 0 amide bonds. The second kappa shape index (κ2) is 6.08. The Bertz CT molecular complexity index is 539. The normalized spacial score (nSPS) is 12.3. The Morgan fingerprint density at radius 2 is 2.16 bits per heavy atom. The highest BCUT2D eigenvalue weighted by Crippen LogP contribution is 2.12. The number of hydrogen-bond acceptors (Lipinski definition) is 5. The predicted molar refractivity (Wildman–Crippen MR) is 66.5 cm³/mol. The minimum absolute atomic E-state index is 0.0216. The molecule has 0 aromatic carbocycles. The van der Waals surface area contributed by atoms with Gasteiger partial charge in [0.15, 0.2) is 5.82 Å². The fourth-order valence-corrected chi connectivity index (χ4v) is 1.80. The van der Waals surface area contributed by atoms with Crippen molar-refractivity contribution >= 4 is 5.97 Å². The summed E-state index contributed by atoms with van der Waals surface area (Å²) in [7, 11) is 0. The first-order valence-electron chi connectivity index (χ1n) is 6.05. The molecule has 0 fully saturated rings. The molecule has 2 aromatic heterocycles. The SMILES string of the molecule is CC(CC(=O)O)Cc1nc(Cc2ccncc2)no1. The fourth-order valence-electron chi connectivity index (χ4n) is 1.80. The monoisotopic (exact) mass is 261 g/mol. The van der Waals surface area contributed by atoms with Crippen molar-refractivity contribution in [3.63, 3.8) is 0 Å². The Morgan fingerprint density at radius 1 is 1.42 bits per heavy atom. The van der Waals surface area contributed by atoms with Crippen molar-refractivity contribution in [3.8, 4) is 0 Å². The Morgan fingerprint density at radius 3 is 2.84 bits per heavy atom. The lowest BCUT2D eigenvalue weighted by molar-refractivity contribution is -0.137. The zero-order chi connectivity index (χ0) is 13.7. The van der Waals surface area contributed by atoms with Crippen molar-refractivity contribution < 1.29 is 14.4 Å². The van der Waals surface area contributed by atoms with Crippen molar-refractivity contribution in [1.82, 2.24) is 15.1 Å². The van der Waals surface area contributed by atoms with E-state index in [9.17, 15) is 4.79 Å². The van der Waals surface area contributed by atoms with Crippen molar-refractivity contribution in [2.75, 3.05) is 0 Å². The van der Waals surface area contributed by atoms with Crippen LogP contribution in [-0.4, -0.2) is 26.2 Å². The van der Waals surface area contributed by atoms with Gasteiger partial charge in [0, 0.05) is 31.7 Å². The second-order valence-electron chi connectivity index (χ2n) is 4.54. The summed E-state index contributed by atoms with van der Waals surface area (Å²) in [5.74, 6) is 0.247. The average molecular weight is 261 g/mol. The molecule has 2 aromatic rings. The van der Waals surface area contributed by atoms with Crippen LogP contribution in [0.15, 0.2) is 29.0 Å². The van der Waals surface area contributed by atoms with E-state index < -0.39 is 5.97 Å². The smallest absolute Gasteiger partial charge is 0.303 e. The van der Waals surface area contributed by atoms with Gasteiger partial charge in [0.05, 0.1) is 0 Å². The van der Waals surface area contributed by atoms with Crippen LogP contribution in [0, 0.1) is 5.92 Å². The molecule has 0 saturated carbocycles. The van der Waals surface area contributed by atoms with Crippen molar-refractivity contribution in [3.05, 3.63) is 41.8 Å². The third-order valence-electron chi connectivity index (χ3n) is 2.67. The molecular weight excluding hydrogens is 246 g/mol. The average Bonchev–Trinajstić information content (AvgIpc) is 2.76. The predicted octanol–water partition coefficient (Wildman–Crippen LogP) is 1.71. The first-order chi connectivity index (χ1) is 9.13. The summed E-state index contributed by atoms with van der Waals surface area (Å²) < 4.78 is 5.12. The maximum atomic E-state index is 10.6. The van der Waals surface area contributed by atoms with E-state index in [2.05, 4.69) is 15.1 Å². The van der Waals surface area contributed by atoms with Crippen LogP contribution in [0.5, 0.6) is 0 Å². The lowest BCUT2D eigenvalue weighted by Gasteiger charge is -2.03. The van der Waals surface area contributed by atoms with Gasteiger partial charge in [-0.1, -0.05) is 12.1 Å². The summed E-state index contributed by atoms with van der Waals surface area (Å²) in [6, 6.07) is 3.78. The summed E-state index contributed by atoms with van der Waals surface area (Å²) in [5.41, 5.74) is 1.06. The molecule has 0 spiro atoms. The number of carboxylic acids is 1. The zero-order valence-corrected chi connectivity index (χ0v) is 10.6. The van der Waals surface area contributed by atoms with E-state index in [1.54, 1.807) is 12.4 Å². The first-order valence-corrected chi connectivity index (χ1v) is 6.05. The lowest BCUT2D eigenvalue weighted by atomic mass is 10.0. The molecule has 6 nitrogen and oxygen atoms in total. The molecule has 1 N–H and O–H groups in total. The highest BCUT2D eigenvalue weighted by Gasteiger charge is 2.13. The van der Waals surface area contributed by atoms with Crippen molar-refractivity contribution in [2.24, 2.45) is 5.92 Å². The Labute approximate surface area is 110 Å². The van der Waals surface area contributed by atoms with Gasteiger partial charge in [-0.3, -0.25) is 9.78 Å². The maximum Gasteiger partial charge on any atom is 0.303 e. The van der Waals surface area contributed by atoms with Gasteiger partial charge in [-0.15, -0.1) is 0 Å². The lowest BCUT2D eigenvalue weighted by Crippen LogP contribution is -2.07. The Balaban J connectivity index is 1.94. The Hall–Kier alpha value is -2.24. The second-order valence-corrected chi connectivity index (χ2v) is 4.54. The highest BCUT2D eigenvalue weighted by atomic mass is 16.5. The van der Waals surface area contributed by atoms with Crippen LogP contribution >= 0.6 is 0 Å². The number of aromatic nitrogens is 3. The van der Waals surface area contributed by atoms with Crippen LogP contribution in [0.4, 0.5) is 0 Å². The molecule has 2 rings (SSSR count). The summed E-state index contributed by atoms with van der Waals surface area (Å²) >= 11 is 0.